The zero-order chi connectivity index (χ0) is 13.5. The number of carbonyl (C=O) groups is 1. The number of hydrogen-bond acceptors (Lipinski definition) is 4. The second-order valence-corrected chi connectivity index (χ2v) is 5.60. The van der Waals surface area contributed by atoms with E-state index in [-0.39, 0.29) is 17.9 Å². The summed E-state index contributed by atoms with van der Waals surface area (Å²) in [6.07, 6.45) is 2.20. The van der Waals surface area contributed by atoms with Crippen molar-refractivity contribution in [3.8, 4) is 0 Å². The van der Waals surface area contributed by atoms with Gasteiger partial charge in [0.15, 0.2) is 0 Å². The van der Waals surface area contributed by atoms with E-state index in [1.807, 2.05) is 13.8 Å². The number of ether oxygens (including phenoxy) is 1. The third kappa shape index (κ3) is 4.10. The molecular weight excluding hydrogens is 246 g/mol. The standard InChI is InChI=1S/C14H23NO2S/c1-5-7-12(13-8-6-9-18-13)15-11(3)10(2)14(16)17-4/h6,8-12,15H,5,7H2,1-4H3. The van der Waals surface area contributed by atoms with Gasteiger partial charge in [0.1, 0.15) is 0 Å². The molecule has 102 valence electrons. The predicted molar refractivity (Wildman–Crippen MR) is 75.7 cm³/mol. The van der Waals surface area contributed by atoms with Crippen molar-refractivity contribution in [1.82, 2.24) is 5.32 Å². The maximum atomic E-state index is 11.5. The van der Waals surface area contributed by atoms with Gasteiger partial charge in [0, 0.05) is 17.0 Å². The van der Waals surface area contributed by atoms with Gasteiger partial charge in [-0.2, -0.15) is 0 Å². The minimum absolute atomic E-state index is 0.107. The molecule has 0 bridgehead atoms. The Morgan fingerprint density at radius 3 is 2.72 bits per heavy atom. The highest BCUT2D eigenvalue weighted by Gasteiger charge is 2.23. The molecule has 0 aliphatic heterocycles. The number of rotatable bonds is 7. The Kier molecular flexibility index (Phi) is 6.36. The van der Waals surface area contributed by atoms with Gasteiger partial charge in [-0.15, -0.1) is 11.3 Å². The normalized spacial score (nSPS) is 16.0. The molecule has 1 rings (SSSR count). The summed E-state index contributed by atoms with van der Waals surface area (Å²) < 4.78 is 4.79. The molecule has 1 N–H and O–H groups in total. The van der Waals surface area contributed by atoms with Crippen LogP contribution >= 0.6 is 11.3 Å². The quantitative estimate of drug-likeness (QED) is 0.771. The first-order valence-electron chi connectivity index (χ1n) is 6.47. The van der Waals surface area contributed by atoms with Crippen LogP contribution in [0.4, 0.5) is 0 Å². The third-order valence-electron chi connectivity index (χ3n) is 3.25. The largest absolute Gasteiger partial charge is 0.469 e. The summed E-state index contributed by atoms with van der Waals surface area (Å²) in [5.41, 5.74) is 0. The van der Waals surface area contributed by atoms with Gasteiger partial charge in [-0.05, 0) is 24.8 Å². The Hall–Kier alpha value is -0.870. The molecule has 1 aromatic heterocycles. The van der Waals surface area contributed by atoms with Crippen molar-refractivity contribution in [3.05, 3.63) is 22.4 Å². The van der Waals surface area contributed by atoms with E-state index in [1.165, 1.54) is 12.0 Å². The Balaban J connectivity index is 2.63. The predicted octanol–water partition coefficient (Wildman–Crippen LogP) is 3.38. The molecule has 1 aromatic rings. The molecule has 3 nitrogen and oxygen atoms in total. The summed E-state index contributed by atoms with van der Waals surface area (Å²) in [4.78, 5) is 12.9. The fourth-order valence-corrected chi connectivity index (χ4v) is 2.76. The van der Waals surface area contributed by atoms with Gasteiger partial charge in [0.2, 0.25) is 0 Å². The van der Waals surface area contributed by atoms with Crippen LogP contribution in [0.3, 0.4) is 0 Å². The lowest BCUT2D eigenvalue weighted by Crippen LogP contribution is -2.38. The van der Waals surface area contributed by atoms with Crippen LogP contribution in [0.15, 0.2) is 17.5 Å². The van der Waals surface area contributed by atoms with E-state index in [2.05, 4.69) is 29.8 Å². The molecule has 0 spiro atoms. The molecule has 0 amide bonds. The molecule has 3 unspecified atom stereocenters. The maximum Gasteiger partial charge on any atom is 0.309 e. The topological polar surface area (TPSA) is 38.3 Å². The van der Waals surface area contributed by atoms with Crippen molar-refractivity contribution in [3.63, 3.8) is 0 Å². The fourth-order valence-electron chi connectivity index (χ4n) is 1.94. The number of thiophene rings is 1. The molecule has 1 heterocycles. The molecule has 0 fully saturated rings. The van der Waals surface area contributed by atoms with Gasteiger partial charge in [-0.1, -0.05) is 26.3 Å². The van der Waals surface area contributed by atoms with E-state index >= 15 is 0 Å². The molecule has 3 atom stereocenters. The van der Waals surface area contributed by atoms with E-state index in [0.717, 1.165) is 12.8 Å². The Bertz CT molecular complexity index is 351. The minimum Gasteiger partial charge on any atom is -0.469 e. The molecule has 0 aliphatic rings. The Labute approximate surface area is 114 Å². The first-order chi connectivity index (χ1) is 8.60. The van der Waals surface area contributed by atoms with Crippen LogP contribution in [0.5, 0.6) is 0 Å². The smallest absolute Gasteiger partial charge is 0.309 e. The molecule has 0 saturated carbocycles. The Morgan fingerprint density at radius 2 is 2.22 bits per heavy atom. The van der Waals surface area contributed by atoms with Crippen LogP contribution in [0, 0.1) is 5.92 Å². The van der Waals surface area contributed by atoms with Gasteiger partial charge < -0.3 is 10.1 Å². The SMILES string of the molecule is CCCC(NC(C)C(C)C(=O)OC)c1cccs1. The molecule has 0 radical (unpaired) electrons. The molecule has 4 heteroatoms. The van der Waals surface area contributed by atoms with Crippen LogP contribution in [-0.4, -0.2) is 19.1 Å². The number of nitrogens with one attached hydrogen (secondary N) is 1. The van der Waals surface area contributed by atoms with E-state index < -0.39 is 0 Å². The first kappa shape index (κ1) is 15.2. The molecule has 0 aliphatic carbocycles. The van der Waals surface area contributed by atoms with Crippen LogP contribution in [-0.2, 0) is 9.53 Å². The lowest BCUT2D eigenvalue weighted by atomic mass is 10.0. The summed E-state index contributed by atoms with van der Waals surface area (Å²) in [7, 11) is 1.44. The highest BCUT2D eigenvalue weighted by atomic mass is 32.1. The van der Waals surface area contributed by atoms with Gasteiger partial charge in [-0.25, -0.2) is 0 Å². The number of hydrogen-bond donors (Lipinski definition) is 1. The third-order valence-corrected chi connectivity index (χ3v) is 4.24. The van der Waals surface area contributed by atoms with Crippen molar-refractivity contribution < 1.29 is 9.53 Å². The van der Waals surface area contributed by atoms with Crippen LogP contribution < -0.4 is 5.32 Å². The Morgan fingerprint density at radius 1 is 1.50 bits per heavy atom. The van der Waals surface area contributed by atoms with Crippen molar-refractivity contribution in [2.45, 2.75) is 45.7 Å². The van der Waals surface area contributed by atoms with Crippen LogP contribution in [0.2, 0.25) is 0 Å². The van der Waals surface area contributed by atoms with Crippen LogP contribution in [0.25, 0.3) is 0 Å². The number of esters is 1. The average Bonchev–Trinajstić information content (AvgIpc) is 2.90. The monoisotopic (exact) mass is 269 g/mol. The maximum absolute atomic E-state index is 11.5. The van der Waals surface area contributed by atoms with Crippen molar-refractivity contribution in [1.29, 1.82) is 0 Å². The second-order valence-electron chi connectivity index (χ2n) is 4.62. The number of carbonyl (C=O) groups excluding carboxylic acids is 1. The van der Waals surface area contributed by atoms with Crippen molar-refractivity contribution in [2.75, 3.05) is 7.11 Å². The fraction of sp³-hybridized carbons (Fsp3) is 0.643. The first-order valence-corrected chi connectivity index (χ1v) is 7.35. The van der Waals surface area contributed by atoms with E-state index in [1.54, 1.807) is 11.3 Å². The highest BCUT2D eigenvalue weighted by molar-refractivity contribution is 7.10. The van der Waals surface area contributed by atoms with Gasteiger partial charge in [0.25, 0.3) is 0 Å². The van der Waals surface area contributed by atoms with Gasteiger partial charge >= 0.3 is 5.97 Å². The van der Waals surface area contributed by atoms with Gasteiger partial charge in [0.05, 0.1) is 13.0 Å². The molecule has 0 aromatic carbocycles. The lowest BCUT2D eigenvalue weighted by Gasteiger charge is -2.25. The lowest BCUT2D eigenvalue weighted by molar-refractivity contribution is -0.145. The summed E-state index contributed by atoms with van der Waals surface area (Å²) in [5.74, 6) is -0.286. The van der Waals surface area contributed by atoms with E-state index in [0.29, 0.717) is 6.04 Å². The van der Waals surface area contributed by atoms with Crippen molar-refractivity contribution >= 4 is 17.3 Å². The summed E-state index contributed by atoms with van der Waals surface area (Å²) >= 11 is 1.76. The zero-order valence-electron chi connectivity index (χ0n) is 11.6. The molecule has 0 saturated heterocycles. The molecule has 18 heavy (non-hydrogen) atoms. The number of methoxy groups -OCH3 is 1. The van der Waals surface area contributed by atoms with Gasteiger partial charge in [-0.3, -0.25) is 4.79 Å². The average molecular weight is 269 g/mol. The highest BCUT2D eigenvalue weighted by Crippen LogP contribution is 2.24. The second kappa shape index (κ2) is 7.54. The molecular formula is C14H23NO2S. The summed E-state index contributed by atoms with van der Waals surface area (Å²) in [6, 6.07) is 4.65. The van der Waals surface area contributed by atoms with Crippen molar-refractivity contribution in [2.24, 2.45) is 5.92 Å². The van der Waals surface area contributed by atoms with E-state index in [4.69, 9.17) is 4.74 Å². The van der Waals surface area contributed by atoms with Crippen LogP contribution in [0.1, 0.15) is 44.5 Å². The summed E-state index contributed by atoms with van der Waals surface area (Å²) in [5, 5.41) is 5.64. The summed E-state index contributed by atoms with van der Waals surface area (Å²) in [6.45, 7) is 6.12. The van der Waals surface area contributed by atoms with E-state index in [9.17, 15) is 4.79 Å². The zero-order valence-corrected chi connectivity index (χ0v) is 12.4. The minimum atomic E-state index is -0.156.